The fourth-order valence-corrected chi connectivity index (χ4v) is 9.28. The molecule has 1 amide bonds. The van der Waals surface area contributed by atoms with Crippen molar-refractivity contribution in [3.8, 4) is 0 Å². The van der Waals surface area contributed by atoms with Crippen LogP contribution in [0.15, 0.2) is 12.2 Å². The highest BCUT2D eigenvalue weighted by molar-refractivity contribution is 5.76. The van der Waals surface area contributed by atoms with Crippen LogP contribution in [0.2, 0.25) is 0 Å². The van der Waals surface area contributed by atoms with Gasteiger partial charge in [0.25, 0.3) is 0 Å². The van der Waals surface area contributed by atoms with Crippen LogP contribution in [0.3, 0.4) is 0 Å². The highest BCUT2D eigenvalue weighted by Crippen LogP contribution is 2.18. The SMILES string of the molecule is CCCCCCCCC/C=C\CCCCCCCC(=O)OCCCCCCCCCCCCCCCCCCCCCC(=O)NC(CO)C(O)CCCCCCCCCCCCCCC. The summed E-state index contributed by atoms with van der Waals surface area (Å²) >= 11 is 0. The van der Waals surface area contributed by atoms with Crippen LogP contribution in [0.5, 0.6) is 0 Å². The molecule has 0 heterocycles. The molecule has 0 spiro atoms. The third kappa shape index (κ3) is 51.8. The molecule has 0 aliphatic carbocycles. The van der Waals surface area contributed by atoms with E-state index in [-0.39, 0.29) is 18.5 Å². The second kappa shape index (κ2) is 55.2. The van der Waals surface area contributed by atoms with Gasteiger partial charge in [0, 0.05) is 12.8 Å². The molecule has 6 heteroatoms. The van der Waals surface area contributed by atoms with Gasteiger partial charge in [-0.15, -0.1) is 0 Å². The minimum atomic E-state index is -0.665. The van der Waals surface area contributed by atoms with Gasteiger partial charge in [-0.25, -0.2) is 0 Å². The predicted molar refractivity (Wildman–Crippen MR) is 283 cm³/mol. The van der Waals surface area contributed by atoms with E-state index in [0.717, 1.165) is 44.9 Å². The molecular weight excluding hydrogens is 803 g/mol. The molecule has 0 aromatic carbocycles. The number of rotatable bonds is 55. The maximum Gasteiger partial charge on any atom is 0.305 e. The number of carbonyl (C=O) groups is 2. The third-order valence-electron chi connectivity index (χ3n) is 13.8. The van der Waals surface area contributed by atoms with Gasteiger partial charge in [-0.3, -0.25) is 9.59 Å². The molecule has 386 valence electrons. The quantitative estimate of drug-likeness (QED) is 0.0321. The molecule has 0 aliphatic rings. The molecule has 2 unspecified atom stereocenters. The van der Waals surface area contributed by atoms with Crippen LogP contribution < -0.4 is 5.32 Å². The van der Waals surface area contributed by atoms with Crippen LogP contribution in [-0.4, -0.2) is 47.4 Å². The Balaban J connectivity index is 3.38. The van der Waals surface area contributed by atoms with Crippen molar-refractivity contribution in [2.24, 2.45) is 0 Å². The standard InChI is InChI=1S/C59H115NO5/c1-3-5-7-9-11-13-15-17-18-25-29-33-37-41-45-49-53-59(64)65-54-50-46-42-38-34-30-26-23-21-19-20-22-24-28-32-36-40-44-48-52-58(63)60-56(55-61)57(62)51-47-43-39-35-31-27-16-14-12-10-8-6-4-2/h18,25,56-57,61-62H,3-17,19-24,26-55H2,1-2H3,(H,60,63)/b25-18-. The van der Waals surface area contributed by atoms with Crippen LogP contribution in [0.25, 0.3) is 0 Å². The summed E-state index contributed by atoms with van der Waals surface area (Å²) in [5, 5.41) is 23.2. The first-order chi connectivity index (χ1) is 32.0. The van der Waals surface area contributed by atoms with Crippen molar-refractivity contribution in [2.75, 3.05) is 13.2 Å². The number of aliphatic hydroxyl groups excluding tert-OH is 2. The lowest BCUT2D eigenvalue weighted by molar-refractivity contribution is -0.143. The van der Waals surface area contributed by atoms with Crippen LogP contribution in [0, 0.1) is 0 Å². The second-order valence-corrected chi connectivity index (χ2v) is 20.3. The minimum absolute atomic E-state index is 0.00223. The Morgan fingerprint density at radius 2 is 0.723 bits per heavy atom. The van der Waals surface area contributed by atoms with Gasteiger partial charge < -0.3 is 20.3 Å². The van der Waals surface area contributed by atoms with E-state index in [1.165, 1.54) is 250 Å². The average molecular weight is 919 g/mol. The third-order valence-corrected chi connectivity index (χ3v) is 13.8. The van der Waals surface area contributed by atoms with Crippen LogP contribution in [0.4, 0.5) is 0 Å². The predicted octanol–water partition coefficient (Wildman–Crippen LogP) is 18.1. The number of allylic oxidation sites excluding steroid dienone is 2. The van der Waals surface area contributed by atoms with Gasteiger partial charge in [-0.05, 0) is 51.4 Å². The van der Waals surface area contributed by atoms with E-state index in [4.69, 9.17) is 4.74 Å². The monoisotopic (exact) mass is 918 g/mol. The molecular formula is C59H115NO5. The van der Waals surface area contributed by atoms with Gasteiger partial charge in [0.1, 0.15) is 0 Å². The summed E-state index contributed by atoms with van der Waals surface area (Å²) in [5.74, 6) is -0.0345. The smallest absolute Gasteiger partial charge is 0.305 e. The van der Waals surface area contributed by atoms with Crippen molar-refractivity contribution in [1.82, 2.24) is 5.32 Å². The van der Waals surface area contributed by atoms with Gasteiger partial charge in [0.15, 0.2) is 0 Å². The Labute approximate surface area is 406 Å². The first-order valence-corrected chi connectivity index (χ1v) is 29.4. The Morgan fingerprint density at radius 1 is 0.415 bits per heavy atom. The average Bonchev–Trinajstić information content (AvgIpc) is 3.31. The summed E-state index contributed by atoms with van der Waals surface area (Å²) in [6, 6.07) is -0.542. The number of hydrogen-bond acceptors (Lipinski definition) is 5. The molecule has 0 fully saturated rings. The van der Waals surface area contributed by atoms with Gasteiger partial charge in [-0.2, -0.15) is 0 Å². The Bertz CT molecular complexity index is 970. The number of aliphatic hydroxyl groups is 2. The maximum atomic E-state index is 12.5. The van der Waals surface area contributed by atoms with Crippen molar-refractivity contribution in [1.29, 1.82) is 0 Å². The van der Waals surface area contributed by atoms with E-state index >= 15 is 0 Å². The fourth-order valence-electron chi connectivity index (χ4n) is 9.28. The maximum absolute atomic E-state index is 12.5. The van der Waals surface area contributed by atoms with Crippen molar-refractivity contribution in [3.63, 3.8) is 0 Å². The van der Waals surface area contributed by atoms with Crippen molar-refractivity contribution in [3.05, 3.63) is 12.2 Å². The molecule has 0 bridgehead atoms. The molecule has 0 aliphatic heterocycles. The van der Waals surface area contributed by atoms with Crippen molar-refractivity contribution in [2.45, 2.75) is 341 Å². The number of ether oxygens (including phenoxy) is 1. The summed E-state index contributed by atoms with van der Waals surface area (Å²) < 4.78 is 5.48. The van der Waals surface area contributed by atoms with E-state index in [1.54, 1.807) is 0 Å². The molecule has 2 atom stereocenters. The number of amides is 1. The first kappa shape index (κ1) is 63.6. The summed E-state index contributed by atoms with van der Waals surface area (Å²) in [4.78, 5) is 24.5. The molecule has 3 N–H and O–H groups in total. The lowest BCUT2D eigenvalue weighted by atomic mass is 10.0. The van der Waals surface area contributed by atoms with Crippen molar-refractivity contribution >= 4 is 11.9 Å². The van der Waals surface area contributed by atoms with Crippen molar-refractivity contribution < 1.29 is 24.5 Å². The summed E-state index contributed by atoms with van der Waals surface area (Å²) in [7, 11) is 0. The highest BCUT2D eigenvalue weighted by Gasteiger charge is 2.20. The van der Waals surface area contributed by atoms with E-state index in [1.807, 2.05) is 0 Å². The number of hydrogen-bond donors (Lipinski definition) is 3. The first-order valence-electron chi connectivity index (χ1n) is 29.4. The normalized spacial score (nSPS) is 12.6. The number of esters is 1. The zero-order valence-electron chi connectivity index (χ0n) is 44.0. The van der Waals surface area contributed by atoms with Gasteiger partial charge in [0.2, 0.25) is 5.91 Å². The molecule has 0 rings (SSSR count). The molecule has 0 aromatic heterocycles. The lowest BCUT2D eigenvalue weighted by Crippen LogP contribution is -2.45. The Hall–Kier alpha value is -1.40. The second-order valence-electron chi connectivity index (χ2n) is 20.3. The zero-order chi connectivity index (χ0) is 47.2. The molecule has 6 nitrogen and oxygen atoms in total. The summed E-state index contributed by atoms with van der Waals surface area (Å²) in [6.45, 7) is 4.95. The molecule has 0 saturated heterocycles. The minimum Gasteiger partial charge on any atom is -0.466 e. The topological polar surface area (TPSA) is 95.9 Å². The fraction of sp³-hybridized carbons (Fsp3) is 0.932. The van der Waals surface area contributed by atoms with E-state index < -0.39 is 12.1 Å². The Kier molecular flexibility index (Phi) is 54.0. The Morgan fingerprint density at radius 3 is 1.09 bits per heavy atom. The van der Waals surface area contributed by atoms with E-state index in [9.17, 15) is 19.8 Å². The van der Waals surface area contributed by atoms with Crippen LogP contribution in [-0.2, 0) is 14.3 Å². The lowest BCUT2D eigenvalue weighted by Gasteiger charge is -2.22. The molecule has 0 aromatic rings. The molecule has 0 radical (unpaired) electrons. The zero-order valence-corrected chi connectivity index (χ0v) is 44.0. The van der Waals surface area contributed by atoms with E-state index in [2.05, 4.69) is 31.3 Å². The summed E-state index contributed by atoms with van der Waals surface area (Å²) in [6.07, 6.45) is 64.9. The summed E-state index contributed by atoms with van der Waals surface area (Å²) in [5.41, 5.74) is 0. The van der Waals surface area contributed by atoms with Crippen LogP contribution in [0.1, 0.15) is 328 Å². The van der Waals surface area contributed by atoms with E-state index in [0.29, 0.717) is 25.9 Å². The largest absolute Gasteiger partial charge is 0.466 e. The number of unbranched alkanes of at least 4 members (excludes halogenated alkanes) is 42. The molecule has 65 heavy (non-hydrogen) atoms. The van der Waals surface area contributed by atoms with Gasteiger partial charge in [-0.1, -0.05) is 276 Å². The number of carbonyl (C=O) groups excluding carboxylic acids is 2. The highest BCUT2D eigenvalue weighted by atomic mass is 16.5. The van der Waals surface area contributed by atoms with Gasteiger partial charge in [0.05, 0.1) is 25.4 Å². The van der Waals surface area contributed by atoms with Crippen LogP contribution >= 0.6 is 0 Å². The number of nitrogens with one attached hydrogen (secondary N) is 1. The van der Waals surface area contributed by atoms with Gasteiger partial charge >= 0.3 is 5.97 Å². The molecule has 0 saturated carbocycles.